The maximum absolute atomic E-state index is 10.5. The maximum Gasteiger partial charge on any atom is 0.170 e. The summed E-state index contributed by atoms with van der Waals surface area (Å²) >= 11 is 0. The number of thiol groups is 1. The highest BCUT2D eigenvalue weighted by atomic mass is 32.2. The first-order valence-corrected chi connectivity index (χ1v) is 4.58. The third kappa shape index (κ3) is 1.83. The van der Waals surface area contributed by atoms with E-state index in [9.17, 15) is 8.42 Å². The van der Waals surface area contributed by atoms with Crippen molar-refractivity contribution in [2.24, 2.45) is 0 Å². The van der Waals surface area contributed by atoms with Crippen LogP contribution < -0.4 is 0 Å². The van der Waals surface area contributed by atoms with E-state index in [0.29, 0.717) is 5.56 Å². The van der Waals surface area contributed by atoms with Gasteiger partial charge in [-0.05, 0) is 5.56 Å². The molecule has 0 fully saturated rings. The normalized spacial score (nSPS) is 12.3. The average molecular weight is 181 g/mol. The molecule has 4 heteroatoms. The second-order valence-corrected chi connectivity index (χ2v) is 3.31. The third-order valence-corrected chi connectivity index (χ3v) is 2.28. The summed E-state index contributed by atoms with van der Waals surface area (Å²) in [6.07, 6.45) is 0. The van der Waals surface area contributed by atoms with Crippen LogP contribution in [0.3, 0.4) is 0 Å². The SMILES string of the molecule is N#CC(c1ccccc1)[SH](=O)=O. The van der Waals surface area contributed by atoms with E-state index in [-0.39, 0.29) is 0 Å². The molecule has 0 N–H and O–H groups in total. The van der Waals surface area contributed by atoms with E-state index in [2.05, 4.69) is 0 Å². The summed E-state index contributed by atoms with van der Waals surface area (Å²) in [5.41, 5.74) is 0.524. The molecule has 0 heterocycles. The van der Waals surface area contributed by atoms with Crippen LogP contribution in [0, 0.1) is 11.3 Å². The molecule has 1 aromatic rings. The molecule has 0 aromatic heterocycles. The van der Waals surface area contributed by atoms with Crippen molar-refractivity contribution in [1.82, 2.24) is 0 Å². The standard InChI is InChI=1S/C8H7NO2S/c9-6-8(12(10)11)7-4-2-1-3-5-7/h1-5,8,12H. The Labute approximate surface area is 72.2 Å². The molecule has 12 heavy (non-hydrogen) atoms. The van der Waals surface area contributed by atoms with Gasteiger partial charge in [0.1, 0.15) is 0 Å². The van der Waals surface area contributed by atoms with Crippen molar-refractivity contribution in [3.63, 3.8) is 0 Å². The topological polar surface area (TPSA) is 57.9 Å². The molecule has 1 unspecified atom stereocenters. The monoisotopic (exact) mass is 181 g/mol. The lowest BCUT2D eigenvalue weighted by atomic mass is 10.2. The molecule has 0 radical (unpaired) electrons. The summed E-state index contributed by atoms with van der Waals surface area (Å²) in [5.74, 6) is 0. The Morgan fingerprint density at radius 2 is 1.83 bits per heavy atom. The fourth-order valence-corrected chi connectivity index (χ4v) is 1.39. The van der Waals surface area contributed by atoms with Gasteiger partial charge in [-0.1, -0.05) is 30.3 Å². The molecule has 0 saturated heterocycles. The van der Waals surface area contributed by atoms with Crippen LogP contribution in [-0.2, 0) is 10.7 Å². The van der Waals surface area contributed by atoms with Crippen molar-refractivity contribution >= 4 is 10.7 Å². The van der Waals surface area contributed by atoms with Crippen LogP contribution in [0.15, 0.2) is 30.3 Å². The maximum atomic E-state index is 10.5. The van der Waals surface area contributed by atoms with Crippen molar-refractivity contribution < 1.29 is 8.42 Å². The minimum atomic E-state index is -2.70. The average Bonchev–Trinajstić information content (AvgIpc) is 2.07. The van der Waals surface area contributed by atoms with Crippen molar-refractivity contribution in [2.45, 2.75) is 5.25 Å². The summed E-state index contributed by atoms with van der Waals surface area (Å²) in [6, 6.07) is 10.2. The summed E-state index contributed by atoms with van der Waals surface area (Å²) in [5, 5.41) is 7.50. The number of benzene rings is 1. The predicted octanol–water partition coefficient (Wildman–Crippen LogP) is 0.863. The van der Waals surface area contributed by atoms with Gasteiger partial charge >= 0.3 is 0 Å². The first-order valence-electron chi connectivity index (χ1n) is 3.33. The van der Waals surface area contributed by atoms with Crippen molar-refractivity contribution in [1.29, 1.82) is 5.26 Å². The van der Waals surface area contributed by atoms with E-state index < -0.39 is 16.0 Å². The van der Waals surface area contributed by atoms with Gasteiger partial charge in [0.2, 0.25) is 0 Å². The Kier molecular flexibility index (Phi) is 2.83. The number of hydrogen-bond acceptors (Lipinski definition) is 3. The van der Waals surface area contributed by atoms with Gasteiger partial charge in [-0.3, -0.25) is 0 Å². The zero-order chi connectivity index (χ0) is 8.97. The van der Waals surface area contributed by atoms with Crippen LogP contribution in [0.2, 0.25) is 0 Å². The molecule has 62 valence electrons. The number of nitrogens with zero attached hydrogens (tertiary/aromatic N) is 1. The molecule has 0 amide bonds. The van der Waals surface area contributed by atoms with Gasteiger partial charge in [0, 0.05) is 0 Å². The summed E-state index contributed by atoms with van der Waals surface area (Å²) < 4.78 is 21.1. The smallest absolute Gasteiger partial charge is 0.170 e. The third-order valence-electron chi connectivity index (χ3n) is 1.45. The summed E-state index contributed by atoms with van der Waals surface area (Å²) in [4.78, 5) is 0. The first kappa shape index (κ1) is 8.75. The van der Waals surface area contributed by atoms with Crippen LogP contribution in [0.1, 0.15) is 10.8 Å². The minimum absolute atomic E-state index is 0.524. The highest BCUT2D eigenvalue weighted by molar-refractivity contribution is 7.73. The largest absolute Gasteiger partial charge is 0.230 e. The Bertz CT molecular complexity index is 356. The zero-order valence-corrected chi connectivity index (χ0v) is 7.07. The molecular formula is C8H7NO2S. The lowest BCUT2D eigenvalue weighted by molar-refractivity contribution is 0.610. The molecular weight excluding hydrogens is 174 g/mol. The Morgan fingerprint density at radius 1 is 1.25 bits per heavy atom. The molecule has 1 atom stereocenters. The lowest BCUT2D eigenvalue weighted by Gasteiger charge is -1.98. The molecule has 0 aliphatic carbocycles. The second kappa shape index (κ2) is 3.88. The number of rotatable bonds is 2. The van der Waals surface area contributed by atoms with Gasteiger partial charge in [0.15, 0.2) is 16.0 Å². The molecule has 0 aliphatic rings. The fraction of sp³-hybridized carbons (Fsp3) is 0.125. The van der Waals surface area contributed by atoms with Gasteiger partial charge in [0.05, 0.1) is 6.07 Å². The van der Waals surface area contributed by atoms with E-state index in [4.69, 9.17) is 5.26 Å². The zero-order valence-electron chi connectivity index (χ0n) is 6.18. The number of hydrogen-bond donors (Lipinski definition) is 1. The van der Waals surface area contributed by atoms with E-state index in [1.807, 2.05) is 0 Å². The summed E-state index contributed by atoms with van der Waals surface area (Å²) in [7, 11) is -2.70. The van der Waals surface area contributed by atoms with Gasteiger partial charge in [-0.2, -0.15) is 5.26 Å². The molecule has 0 aliphatic heterocycles. The van der Waals surface area contributed by atoms with E-state index >= 15 is 0 Å². The van der Waals surface area contributed by atoms with Crippen molar-refractivity contribution in [3.8, 4) is 6.07 Å². The molecule has 0 spiro atoms. The van der Waals surface area contributed by atoms with Crippen molar-refractivity contribution in [2.75, 3.05) is 0 Å². The van der Waals surface area contributed by atoms with Gasteiger partial charge in [-0.25, -0.2) is 8.42 Å². The van der Waals surface area contributed by atoms with Crippen LogP contribution in [-0.4, -0.2) is 8.42 Å². The van der Waals surface area contributed by atoms with E-state index in [1.165, 1.54) is 0 Å². The molecule has 1 aromatic carbocycles. The van der Waals surface area contributed by atoms with Crippen LogP contribution in [0.5, 0.6) is 0 Å². The van der Waals surface area contributed by atoms with Crippen LogP contribution in [0.4, 0.5) is 0 Å². The molecule has 3 nitrogen and oxygen atoms in total. The molecule has 0 bridgehead atoms. The highest BCUT2D eigenvalue weighted by Gasteiger charge is 2.11. The van der Waals surface area contributed by atoms with E-state index in [0.717, 1.165) is 0 Å². The summed E-state index contributed by atoms with van der Waals surface area (Å²) in [6.45, 7) is 0. The Hall–Kier alpha value is -1.34. The van der Waals surface area contributed by atoms with Crippen molar-refractivity contribution in [3.05, 3.63) is 35.9 Å². The highest BCUT2D eigenvalue weighted by Crippen LogP contribution is 2.14. The minimum Gasteiger partial charge on any atom is -0.230 e. The van der Waals surface area contributed by atoms with E-state index in [1.54, 1.807) is 36.4 Å². The molecule has 0 saturated carbocycles. The van der Waals surface area contributed by atoms with Gasteiger partial charge in [-0.15, -0.1) is 0 Å². The Morgan fingerprint density at radius 3 is 2.25 bits per heavy atom. The Balaban J connectivity index is 3.06. The second-order valence-electron chi connectivity index (χ2n) is 2.23. The van der Waals surface area contributed by atoms with Crippen LogP contribution >= 0.6 is 0 Å². The predicted molar refractivity (Wildman–Crippen MR) is 45.1 cm³/mol. The fourth-order valence-electron chi connectivity index (χ4n) is 0.879. The molecule has 1 rings (SSSR count). The number of nitriles is 1. The lowest BCUT2D eigenvalue weighted by Crippen LogP contribution is -1.96. The first-order chi connectivity index (χ1) is 5.75. The van der Waals surface area contributed by atoms with Crippen LogP contribution in [0.25, 0.3) is 0 Å². The quantitative estimate of drug-likeness (QED) is 0.688. The van der Waals surface area contributed by atoms with Gasteiger partial charge in [0.25, 0.3) is 0 Å². The van der Waals surface area contributed by atoms with Gasteiger partial charge < -0.3 is 0 Å².